The van der Waals surface area contributed by atoms with Crippen LogP contribution in [0.5, 0.6) is 0 Å². The number of aliphatic hydroxyl groups is 2. The molecule has 2 fully saturated rings. The zero-order valence-electron chi connectivity index (χ0n) is 9.27. The molecule has 2 N–H and O–H groups in total. The van der Waals surface area contributed by atoms with Gasteiger partial charge in [0.05, 0.1) is 0 Å². The Kier molecular flexibility index (Phi) is 4.00. The van der Waals surface area contributed by atoms with Gasteiger partial charge in [0.2, 0.25) is 0 Å². The Balaban J connectivity index is 1.97. The van der Waals surface area contributed by atoms with E-state index < -0.39 is 6.29 Å². The second-order valence-electron chi connectivity index (χ2n) is 4.99. The zero-order chi connectivity index (χ0) is 10.7. The molecular weight excluding hydrogens is 192 g/mol. The molecule has 0 amide bonds. The van der Waals surface area contributed by atoms with E-state index in [0.717, 1.165) is 26.1 Å². The van der Waals surface area contributed by atoms with E-state index in [2.05, 4.69) is 0 Å². The molecule has 1 aliphatic carbocycles. The Labute approximate surface area is 91.4 Å². The first-order valence-corrected chi connectivity index (χ1v) is 6.23. The van der Waals surface area contributed by atoms with Crippen molar-refractivity contribution in [1.82, 2.24) is 0 Å². The second kappa shape index (κ2) is 5.28. The molecule has 0 radical (unpaired) electrons. The first kappa shape index (κ1) is 11.4. The van der Waals surface area contributed by atoms with Crippen molar-refractivity contribution in [1.29, 1.82) is 0 Å². The van der Waals surface area contributed by atoms with Gasteiger partial charge in [-0.3, -0.25) is 0 Å². The quantitative estimate of drug-likeness (QED) is 0.700. The van der Waals surface area contributed by atoms with Crippen molar-refractivity contribution in [3.63, 3.8) is 0 Å². The molecule has 1 saturated heterocycles. The monoisotopic (exact) mass is 214 g/mol. The van der Waals surface area contributed by atoms with Crippen molar-refractivity contribution < 1.29 is 14.9 Å². The molecule has 2 aliphatic rings. The van der Waals surface area contributed by atoms with Gasteiger partial charge < -0.3 is 14.9 Å². The number of rotatable bonds is 3. The average Bonchev–Trinajstić information content (AvgIpc) is 2.72. The van der Waals surface area contributed by atoms with Crippen molar-refractivity contribution in [2.45, 2.75) is 44.8 Å². The maximum atomic E-state index is 9.54. The van der Waals surface area contributed by atoms with Crippen LogP contribution in [0.2, 0.25) is 0 Å². The third-order valence-electron chi connectivity index (χ3n) is 4.10. The average molecular weight is 214 g/mol. The van der Waals surface area contributed by atoms with E-state index in [0.29, 0.717) is 11.8 Å². The Morgan fingerprint density at radius 2 is 1.40 bits per heavy atom. The number of aliphatic hydroxyl groups excluding tert-OH is 1. The molecule has 88 valence electrons. The Morgan fingerprint density at radius 3 is 1.93 bits per heavy atom. The molecule has 0 aromatic heterocycles. The molecule has 1 unspecified atom stereocenters. The van der Waals surface area contributed by atoms with Crippen molar-refractivity contribution in [2.75, 3.05) is 13.2 Å². The van der Waals surface area contributed by atoms with Gasteiger partial charge in [-0.2, -0.15) is 0 Å². The Hall–Kier alpha value is -0.120. The van der Waals surface area contributed by atoms with E-state index in [1.807, 2.05) is 0 Å². The summed E-state index contributed by atoms with van der Waals surface area (Å²) in [5, 5.41) is 19.1. The highest BCUT2D eigenvalue weighted by Crippen LogP contribution is 2.39. The summed E-state index contributed by atoms with van der Waals surface area (Å²) in [4.78, 5) is 0. The summed E-state index contributed by atoms with van der Waals surface area (Å²) in [5.74, 6) is 1.09. The van der Waals surface area contributed by atoms with Crippen LogP contribution in [-0.2, 0) is 4.74 Å². The lowest BCUT2D eigenvalue weighted by Gasteiger charge is -2.35. The van der Waals surface area contributed by atoms with E-state index in [1.165, 1.54) is 25.7 Å². The summed E-state index contributed by atoms with van der Waals surface area (Å²) in [6.07, 6.45) is 5.75. The molecule has 1 heterocycles. The van der Waals surface area contributed by atoms with Gasteiger partial charge in [0.15, 0.2) is 6.29 Å². The van der Waals surface area contributed by atoms with Gasteiger partial charge in [0.1, 0.15) is 0 Å². The smallest absolute Gasteiger partial charge is 0.154 e. The van der Waals surface area contributed by atoms with Crippen molar-refractivity contribution in [3.8, 4) is 0 Å². The topological polar surface area (TPSA) is 49.7 Å². The van der Waals surface area contributed by atoms with Crippen LogP contribution in [0.15, 0.2) is 0 Å². The van der Waals surface area contributed by atoms with Gasteiger partial charge in [-0.05, 0) is 37.5 Å². The molecule has 1 aliphatic heterocycles. The van der Waals surface area contributed by atoms with Crippen LogP contribution in [0.1, 0.15) is 38.5 Å². The van der Waals surface area contributed by atoms with E-state index >= 15 is 0 Å². The normalized spacial score (nSPS) is 27.4. The molecule has 1 saturated carbocycles. The molecule has 0 bridgehead atoms. The summed E-state index contributed by atoms with van der Waals surface area (Å²) in [6.45, 7) is 1.58. The maximum Gasteiger partial charge on any atom is 0.154 e. The van der Waals surface area contributed by atoms with Crippen LogP contribution in [0, 0.1) is 17.8 Å². The maximum absolute atomic E-state index is 9.54. The standard InChI is InChI=1S/C12H22O3/c13-12(14)11(9-3-1-2-4-9)10-5-7-15-8-6-10/h9-14H,1-8H2. The van der Waals surface area contributed by atoms with E-state index in [9.17, 15) is 10.2 Å². The summed E-state index contributed by atoms with van der Waals surface area (Å²) in [7, 11) is 0. The van der Waals surface area contributed by atoms with Crippen molar-refractivity contribution in [3.05, 3.63) is 0 Å². The molecule has 0 aromatic rings. The lowest BCUT2D eigenvalue weighted by atomic mass is 9.76. The van der Waals surface area contributed by atoms with Crippen LogP contribution >= 0.6 is 0 Å². The minimum absolute atomic E-state index is 0.0939. The molecule has 2 rings (SSSR count). The summed E-state index contributed by atoms with van der Waals surface area (Å²) < 4.78 is 5.33. The fourth-order valence-electron chi connectivity index (χ4n) is 3.31. The van der Waals surface area contributed by atoms with E-state index in [1.54, 1.807) is 0 Å². The van der Waals surface area contributed by atoms with Crippen molar-refractivity contribution >= 4 is 0 Å². The van der Waals surface area contributed by atoms with Gasteiger partial charge in [0.25, 0.3) is 0 Å². The van der Waals surface area contributed by atoms with Crippen LogP contribution in [0.25, 0.3) is 0 Å². The predicted molar refractivity (Wildman–Crippen MR) is 57.2 cm³/mol. The van der Waals surface area contributed by atoms with Gasteiger partial charge in [0, 0.05) is 19.1 Å². The minimum atomic E-state index is -1.13. The third kappa shape index (κ3) is 2.71. The van der Waals surface area contributed by atoms with Gasteiger partial charge in [-0.15, -0.1) is 0 Å². The minimum Gasteiger partial charge on any atom is -0.381 e. The van der Waals surface area contributed by atoms with Gasteiger partial charge in [-0.25, -0.2) is 0 Å². The number of hydrogen-bond donors (Lipinski definition) is 2. The van der Waals surface area contributed by atoms with Crippen LogP contribution in [0.3, 0.4) is 0 Å². The lowest BCUT2D eigenvalue weighted by molar-refractivity contribution is -0.130. The highest BCUT2D eigenvalue weighted by Gasteiger charge is 2.36. The number of hydrogen-bond acceptors (Lipinski definition) is 3. The van der Waals surface area contributed by atoms with E-state index in [-0.39, 0.29) is 5.92 Å². The van der Waals surface area contributed by atoms with Gasteiger partial charge in [-0.1, -0.05) is 12.8 Å². The van der Waals surface area contributed by atoms with Crippen molar-refractivity contribution in [2.24, 2.45) is 17.8 Å². The van der Waals surface area contributed by atoms with Gasteiger partial charge >= 0.3 is 0 Å². The Bertz CT molecular complexity index is 181. The molecular formula is C12H22O3. The molecule has 15 heavy (non-hydrogen) atoms. The fourth-order valence-corrected chi connectivity index (χ4v) is 3.31. The van der Waals surface area contributed by atoms with Crippen LogP contribution in [-0.4, -0.2) is 29.7 Å². The zero-order valence-corrected chi connectivity index (χ0v) is 9.27. The highest BCUT2D eigenvalue weighted by atomic mass is 16.5. The SMILES string of the molecule is OC(O)C(C1CCCC1)C1CCOCC1. The third-order valence-corrected chi connectivity index (χ3v) is 4.10. The summed E-state index contributed by atoms with van der Waals surface area (Å²) in [6, 6.07) is 0. The molecule has 0 aromatic carbocycles. The lowest BCUT2D eigenvalue weighted by Crippen LogP contribution is -2.36. The molecule has 1 atom stereocenters. The summed E-state index contributed by atoms with van der Waals surface area (Å²) >= 11 is 0. The van der Waals surface area contributed by atoms with Crippen LogP contribution < -0.4 is 0 Å². The van der Waals surface area contributed by atoms with E-state index in [4.69, 9.17) is 4.74 Å². The molecule has 3 heteroatoms. The molecule has 3 nitrogen and oxygen atoms in total. The van der Waals surface area contributed by atoms with Crippen LogP contribution in [0.4, 0.5) is 0 Å². The molecule has 0 spiro atoms. The fraction of sp³-hybridized carbons (Fsp3) is 1.00. The first-order chi connectivity index (χ1) is 7.29. The Morgan fingerprint density at radius 1 is 0.867 bits per heavy atom. The first-order valence-electron chi connectivity index (χ1n) is 6.23. The summed E-state index contributed by atoms with van der Waals surface area (Å²) in [5.41, 5.74) is 0. The highest BCUT2D eigenvalue weighted by molar-refractivity contribution is 4.83. The number of ether oxygens (including phenoxy) is 1. The largest absolute Gasteiger partial charge is 0.381 e. The second-order valence-corrected chi connectivity index (χ2v) is 4.99. The predicted octanol–water partition coefficient (Wildman–Crippen LogP) is 1.53.